The van der Waals surface area contributed by atoms with Crippen LogP contribution in [0.5, 0.6) is 11.5 Å². The molecule has 1 aliphatic rings. The van der Waals surface area contributed by atoms with E-state index in [0.717, 1.165) is 13.1 Å². The molecule has 0 spiro atoms. The van der Waals surface area contributed by atoms with Crippen molar-refractivity contribution < 1.29 is 14.3 Å². The van der Waals surface area contributed by atoms with Crippen molar-refractivity contribution in [3.63, 3.8) is 0 Å². The monoisotopic (exact) mass is 368 g/mol. The first-order valence-corrected chi connectivity index (χ1v) is 9.29. The van der Waals surface area contributed by atoms with Crippen LogP contribution in [0.3, 0.4) is 0 Å². The maximum absolute atomic E-state index is 13.1. The van der Waals surface area contributed by atoms with Crippen molar-refractivity contribution in [1.82, 2.24) is 4.90 Å². The molecule has 0 aliphatic carbocycles. The third-order valence-corrected chi connectivity index (χ3v) is 5.16. The predicted molar refractivity (Wildman–Crippen MR) is 108 cm³/mol. The van der Waals surface area contributed by atoms with Gasteiger partial charge in [0.2, 0.25) is 0 Å². The lowest BCUT2D eigenvalue weighted by Gasteiger charge is -2.38. The first-order chi connectivity index (χ1) is 13.0. The number of carbonyl (C=O) groups excluding carboxylic acids is 1. The Hall–Kier alpha value is -2.69. The van der Waals surface area contributed by atoms with Crippen molar-refractivity contribution in [3.8, 4) is 11.5 Å². The summed E-state index contributed by atoms with van der Waals surface area (Å²) in [6.45, 7) is 9.42. The van der Waals surface area contributed by atoms with Crippen molar-refractivity contribution in [3.05, 3.63) is 52.6 Å². The lowest BCUT2D eigenvalue weighted by Crippen LogP contribution is -2.49. The highest BCUT2D eigenvalue weighted by Crippen LogP contribution is 2.31. The fourth-order valence-corrected chi connectivity index (χ4v) is 4.02. The van der Waals surface area contributed by atoms with Gasteiger partial charge in [-0.3, -0.25) is 4.79 Å². The summed E-state index contributed by atoms with van der Waals surface area (Å²) in [4.78, 5) is 17.4. The van der Waals surface area contributed by atoms with Crippen LogP contribution in [-0.2, 0) is 0 Å². The zero-order valence-electron chi connectivity index (χ0n) is 16.8. The fraction of sp³-hybridized carbons (Fsp3) is 0.409. The first kappa shape index (κ1) is 19.1. The molecule has 1 aliphatic heterocycles. The van der Waals surface area contributed by atoms with E-state index in [4.69, 9.17) is 9.47 Å². The summed E-state index contributed by atoms with van der Waals surface area (Å²) in [5.74, 6) is 1.06. The second-order valence-corrected chi connectivity index (χ2v) is 7.06. The Balaban J connectivity index is 1.78. The van der Waals surface area contributed by atoms with Crippen LogP contribution in [0.25, 0.3) is 0 Å². The Morgan fingerprint density at radius 3 is 1.89 bits per heavy atom. The molecule has 5 heteroatoms. The van der Waals surface area contributed by atoms with Crippen LogP contribution in [-0.4, -0.2) is 51.2 Å². The van der Waals surface area contributed by atoms with E-state index in [1.165, 1.54) is 22.4 Å². The van der Waals surface area contributed by atoms with Crippen molar-refractivity contribution in [2.45, 2.75) is 20.8 Å². The molecule has 0 N–H and O–H groups in total. The van der Waals surface area contributed by atoms with E-state index in [2.05, 4.69) is 37.8 Å². The number of benzene rings is 2. The summed E-state index contributed by atoms with van der Waals surface area (Å²) in [6.07, 6.45) is 0. The molecule has 144 valence electrons. The minimum atomic E-state index is -0.0405. The molecule has 1 heterocycles. The molecule has 2 aromatic carbocycles. The molecule has 0 bridgehead atoms. The van der Waals surface area contributed by atoms with E-state index >= 15 is 0 Å². The van der Waals surface area contributed by atoms with Crippen LogP contribution in [0.1, 0.15) is 27.0 Å². The lowest BCUT2D eigenvalue weighted by molar-refractivity contribution is 0.0740. The van der Waals surface area contributed by atoms with Crippen molar-refractivity contribution in [2.24, 2.45) is 0 Å². The van der Waals surface area contributed by atoms with Gasteiger partial charge in [-0.05, 0) is 44.0 Å². The van der Waals surface area contributed by atoms with Gasteiger partial charge in [0.1, 0.15) is 17.1 Å². The zero-order valence-corrected chi connectivity index (χ0v) is 16.8. The predicted octanol–water partition coefficient (Wildman–Crippen LogP) is 3.59. The molecule has 1 saturated heterocycles. The number of hydrogen-bond donors (Lipinski definition) is 0. The quantitative estimate of drug-likeness (QED) is 0.827. The number of ether oxygens (including phenoxy) is 2. The summed E-state index contributed by atoms with van der Waals surface area (Å²) >= 11 is 0. The average Bonchev–Trinajstić information content (AvgIpc) is 2.66. The van der Waals surface area contributed by atoms with E-state index in [1.807, 2.05) is 11.0 Å². The Labute approximate surface area is 161 Å². The molecule has 0 aromatic heterocycles. The molecule has 0 saturated carbocycles. The molecule has 3 rings (SSSR count). The van der Waals surface area contributed by atoms with Crippen molar-refractivity contribution in [1.29, 1.82) is 0 Å². The van der Waals surface area contributed by atoms with Crippen molar-refractivity contribution in [2.75, 3.05) is 45.3 Å². The van der Waals surface area contributed by atoms with Crippen LogP contribution < -0.4 is 14.4 Å². The van der Waals surface area contributed by atoms with Crippen LogP contribution in [0.2, 0.25) is 0 Å². The smallest absolute Gasteiger partial charge is 0.261 e. The van der Waals surface area contributed by atoms with Gasteiger partial charge < -0.3 is 19.3 Å². The molecule has 5 nitrogen and oxygen atoms in total. The maximum atomic E-state index is 13.1. The SMILES string of the molecule is COc1cccc(OC)c1C(=O)N1CCN(c2c(C)cc(C)cc2C)CC1. The van der Waals surface area contributed by atoms with E-state index < -0.39 is 0 Å². The van der Waals surface area contributed by atoms with Crippen molar-refractivity contribution >= 4 is 11.6 Å². The number of amides is 1. The third-order valence-electron chi connectivity index (χ3n) is 5.16. The second kappa shape index (κ2) is 7.91. The highest BCUT2D eigenvalue weighted by molar-refractivity contribution is 5.99. The molecule has 1 amide bonds. The first-order valence-electron chi connectivity index (χ1n) is 9.29. The molecular formula is C22H28N2O3. The molecule has 2 aromatic rings. The summed E-state index contributed by atoms with van der Waals surface area (Å²) in [6, 6.07) is 9.87. The number of piperazine rings is 1. The van der Waals surface area contributed by atoms with Gasteiger partial charge in [-0.25, -0.2) is 0 Å². The van der Waals surface area contributed by atoms with Gasteiger partial charge in [-0.2, -0.15) is 0 Å². The molecule has 27 heavy (non-hydrogen) atoms. The number of nitrogens with zero attached hydrogens (tertiary/aromatic N) is 2. The summed E-state index contributed by atoms with van der Waals surface area (Å²) in [5.41, 5.74) is 5.66. The number of carbonyl (C=O) groups is 1. The van der Waals surface area contributed by atoms with E-state index in [1.54, 1.807) is 26.4 Å². The largest absolute Gasteiger partial charge is 0.496 e. The van der Waals surface area contributed by atoms with E-state index in [0.29, 0.717) is 30.2 Å². The van der Waals surface area contributed by atoms with E-state index in [-0.39, 0.29) is 5.91 Å². The molecule has 1 fully saturated rings. The van der Waals surface area contributed by atoms with E-state index in [9.17, 15) is 4.79 Å². The Morgan fingerprint density at radius 2 is 1.41 bits per heavy atom. The number of aryl methyl sites for hydroxylation is 3. The van der Waals surface area contributed by atoms with Crippen LogP contribution >= 0.6 is 0 Å². The van der Waals surface area contributed by atoms with Crippen LogP contribution in [0.15, 0.2) is 30.3 Å². The van der Waals surface area contributed by atoms with Gasteiger partial charge in [-0.15, -0.1) is 0 Å². The number of rotatable bonds is 4. The van der Waals surface area contributed by atoms with Gasteiger partial charge >= 0.3 is 0 Å². The zero-order chi connectivity index (χ0) is 19.6. The summed E-state index contributed by atoms with van der Waals surface area (Å²) in [5, 5.41) is 0. The fourth-order valence-electron chi connectivity index (χ4n) is 4.02. The molecule has 0 atom stereocenters. The highest BCUT2D eigenvalue weighted by Gasteiger charge is 2.28. The highest BCUT2D eigenvalue weighted by atomic mass is 16.5. The minimum Gasteiger partial charge on any atom is -0.496 e. The summed E-state index contributed by atoms with van der Waals surface area (Å²) in [7, 11) is 3.15. The van der Waals surface area contributed by atoms with Crippen LogP contribution in [0, 0.1) is 20.8 Å². The standard InChI is InChI=1S/C22H28N2O3/c1-15-13-16(2)21(17(3)14-15)23-9-11-24(12-10-23)22(25)20-18(26-4)7-6-8-19(20)27-5/h6-8,13-14H,9-12H2,1-5H3. The third kappa shape index (κ3) is 3.72. The molecule has 0 unspecified atom stereocenters. The Bertz CT molecular complexity index is 794. The normalized spacial score (nSPS) is 14.3. The van der Waals surface area contributed by atoms with Gasteiger partial charge in [0.15, 0.2) is 0 Å². The van der Waals surface area contributed by atoms with Crippen LogP contribution in [0.4, 0.5) is 5.69 Å². The van der Waals surface area contributed by atoms with Gasteiger partial charge in [0, 0.05) is 31.9 Å². The number of methoxy groups -OCH3 is 2. The van der Waals surface area contributed by atoms with Gasteiger partial charge in [-0.1, -0.05) is 23.8 Å². The molecule has 0 radical (unpaired) electrons. The average molecular weight is 368 g/mol. The maximum Gasteiger partial charge on any atom is 0.261 e. The Kier molecular flexibility index (Phi) is 5.59. The minimum absolute atomic E-state index is 0.0405. The van der Waals surface area contributed by atoms with Gasteiger partial charge in [0.05, 0.1) is 14.2 Å². The molecular weight excluding hydrogens is 340 g/mol. The second-order valence-electron chi connectivity index (χ2n) is 7.06. The Morgan fingerprint density at radius 1 is 0.889 bits per heavy atom. The lowest BCUT2D eigenvalue weighted by atomic mass is 10.0. The van der Waals surface area contributed by atoms with Gasteiger partial charge in [0.25, 0.3) is 5.91 Å². The summed E-state index contributed by atoms with van der Waals surface area (Å²) < 4.78 is 10.8. The number of hydrogen-bond acceptors (Lipinski definition) is 4. The number of anilines is 1. The topological polar surface area (TPSA) is 42.0 Å².